The van der Waals surface area contributed by atoms with Crippen LogP contribution in [0.4, 0.5) is 13.2 Å². The molecule has 1 aliphatic heterocycles. The summed E-state index contributed by atoms with van der Waals surface area (Å²) in [5, 5.41) is 1.98. The van der Waals surface area contributed by atoms with E-state index in [2.05, 4.69) is 20.9 Å². The van der Waals surface area contributed by atoms with E-state index >= 15 is 0 Å². The van der Waals surface area contributed by atoms with E-state index in [0.29, 0.717) is 9.99 Å². The van der Waals surface area contributed by atoms with Gasteiger partial charge in [-0.1, -0.05) is 18.2 Å². The number of hydrogen-bond donors (Lipinski definition) is 1. The molecule has 29 heavy (non-hydrogen) atoms. The van der Waals surface area contributed by atoms with Crippen LogP contribution in [-0.2, 0) is 16.9 Å². The molecule has 1 amide bonds. The first-order chi connectivity index (χ1) is 13.6. The second-order valence-corrected chi connectivity index (χ2v) is 7.78. The number of ketones is 1. The molecular weight excluding hydrogens is 451 g/mol. The molecule has 1 atom stereocenters. The largest absolute Gasteiger partial charge is 0.438 e. The van der Waals surface area contributed by atoms with Crippen LogP contribution in [0, 0.1) is 13.8 Å². The van der Waals surface area contributed by atoms with Crippen LogP contribution >= 0.6 is 15.9 Å². The molecule has 2 heterocycles. The van der Waals surface area contributed by atoms with Crippen molar-refractivity contribution in [1.29, 1.82) is 0 Å². The van der Waals surface area contributed by atoms with E-state index in [1.807, 2.05) is 12.2 Å². The van der Waals surface area contributed by atoms with Crippen LogP contribution in [0.15, 0.2) is 40.9 Å². The van der Waals surface area contributed by atoms with Crippen molar-refractivity contribution in [2.24, 2.45) is 0 Å². The number of nitrogens with zero attached hydrogens (tertiary/aromatic N) is 2. The van der Waals surface area contributed by atoms with Crippen LogP contribution in [0.5, 0.6) is 0 Å². The molecule has 3 aromatic rings. The molecule has 1 aromatic heterocycles. The molecule has 1 aliphatic rings. The maximum atomic E-state index is 14.4. The smallest absolute Gasteiger partial charge is 0.315 e. The summed E-state index contributed by atoms with van der Waals surface area (Å²) >= 11 is 3.39. The summed E-state index contributed by atoms with van der Waals surface area (Å²) in [6, 6.07) is 9.03. The van der Waals surface area contributed by atoms with E-state index in [1.54, 1.807) is 19.1 Å². The lowest BCUT2D eigenvalue weighted by Gasteiger charge is -2.33. The van der Waals surface area contributed by atoms with Gasteiger partial charge in [0.2, 0.25) is 0 Å². The number of alkyl halides is 3. The normalized spacial score (nSPS) is 18.9. The van der Waals surface area contributed by atoms with Gasteiger partial charge in [0.05, 0.1) is 11.9 Å². The van der Waals surface area contributed by atoms with Gasteiger partial charge in [0.15, 0.2) is 5.78 Å². The van der Waals surface area contributed by atoms with Gasteiger partial charge in [0, 0.05) is 10.0 Å². The van der Waals surface area contributed by atoms with E-state index in [1.165, 1.54) is 24.3 Å². The number of nitrogens with one attached hydrogen (secondary N) is 1. The lowest BCUT2D eigenvalue weighted by atomic mass is 10.0. The van der Waals surface area contributed by atoms with Crippen LogP contribution in [0.2, 0.25) is 0 Å². The predicted molar refractivity (Wildman–Crippen MR) is 104 cm³/mol. The monoisotopic (exact) mass is 465 g/mol. The van der Waals surface area contributed by atoms with Gasteiger partial charge in [-0.2, -0.15) is 13.2 Å². The van der Waals surface area contributed by atoms with Crippen molar-refractivity contribution in [1.82, 2.24) is 14.9 Å². The second kappa shape index (κ2) is 6.41. The van der Waals surface area contributed by atoms with Crippen LogP contribution in [0.3, 0.4) is 0 Å². The number of imidazole rings is 1. The molecule has 2 aromatic carbocycles. The minimum Gasteiger partial charge on any atom is -0.315 e. The Bertz CT molecular complexity index is 1170. The molecule has 150 valence electrons. The van der Waals surface area contributed by atoms with Gasteiger partial charge in [0.1, 0.15) is 11.3 Å². The zero-order valence-corrected chi connectivity index (χ0v) is 17.0. The van der Waals surface area contributed by atoms with Crippen molar-refractivity contribution in [3.8, 4) is 0 Å². The summed E-state index contributed by atoms with van der Waals surface area (Å²) in [5.74, 6) is -2.21. The maximum Gasteiger partial charge on any atom is 0.438 e. The standard InChI is InChI=1S/C20H15BrF3N3O2/c1-10-8-13-17(16(21)11(10)2)25-15-9-14(28)19(27(13)15,20(22,23)24)26-18(29)12-6-4-3-5-7-12/h3-8H,9H2,1-2H3,(H,26,29). The van der Waals surface area contributed by atoms with Crippen molar-refractivity contribution >= 4 is 38.7 Å². The van der Waals surface area contributed by atoms with Gasteiger partial charge in [0.25, 0.3) is 11.6 Å². The average Bonchev–Trinajstić information content (AvgIpc) is 3.15. The third kappa shape index (κ3) is 2.71. The highest BCUT2D eigenvalue weighted by molar-refractivity contribution is 9.10. The minimum atomic E-state index is -5.07. The zero-order valence-electron chi connectivity index (χ0n) is 15.4. The number of halogens is 4. The summed E-state index contributed by atoms with van der Waals surface area (Å²) in [7, 11) is 0. The van der Waals surface area contributed by atoms with Crippen LogP contribution < -0.4 is 5.32 Å². The van der Waals surface area contributed by atoms with Crippen molar-refractivity contribution in [3.05, 3.63) is 63.4 Å². The molecular formula is C20H15BrF3N3O2. The van der Waals surface area contributed by atoms with Gasteiger partial charge in [-0.25, -0.2) is 4.98 Å². The number of carbonyl (C=O) groups is 2. The van der Waals surface area contributed by atoms with Crippen molar-refractivity contribution < 1.29 is 22.8 Å². The third-order valence-electron chi connectivity index (χ3n) is 5.26. The maximum absolute atomic E-state index is 14.4. The number of benzene rings is 2. The Labute approximate surface area is 172 Å². The zero-order chi connectivity index (χ0) is 21.1. The number of rotatable bonds is 2. The number of carbonyl (C=O) groups excluding carboxylic acids is 2. The van der Waals surface area contributed by atoms with Gasteiger partial charge >= 0.3 is 6.18 Å². The highest BCUT2D eigenvalue weighted by Gasteiger charge is 2.67. The van der Waals surface area contributed by atoms with Crippen molar-refractivity contribution in [3.63, 3.8) is 0 Å². The fourth-order valence-corrected chi connectivity index (χ4v) is 4.24. The molecule has 0 radical (unpaired) electrons. The topological polar surface area (TPSA) is 64.0 Å². The highest BCUT2D eigenvalue weighted by atomic mass is 79.9. The Morgan fingerprint density at radius 3 is 2.52 bits per heavy atom. The number of hydrogen-bond acceptors (Lipinski definition) is 3. The number of aryl methyl sites for hydroxylation is 1. The third-order valence-corrected chi connectivity index (χ3v) is 6.23. The van der Waals surface area contributed by atoms with Gasteiger partial charge in [-0.05, 0) is 59.1 Å². The summed E-state index contributed by atoms with van der Waals surface area (Å²) in [4.78, 5) is 29.6. The molecule has 9 heteroatoms. The first-order valence-electron chi connectivity index (χ1n) is 8.73. The second-order valence-electron chi connectivity index (χ2n) is 6.99. The molecule has 4 rings (SSSR count). The SMILES string of the molecule is Cc1cc2c(nc3n2C(NC(=O)c2ccccc2)(C(F)(F)F)C(=O)C3)c(Br)c1C. The highest BCUT2D eigenvalue weighted by Crippen LogP contribution is 2.45. The van der Waals surface area contributed by atoms with Gasteiger partial charge in [-0.3, -0.25) is 14.2 Å². The van der Waals surface area contributed by atoms with Crippen LogP contribution in [0.1, 0.15) is 27.3 Å². The lowest BCUT2D eigenvalue weighted by Crippen LogP contribution is -2.62. The van der Waals surface area contributed by atoms with E-state index in [-0.39, 0.29) is 16.9 Å². The molecule has 0 aliphatic carbocycles. The quantitative estimate of drug-likeness (QED) is 0.617. The van der Waals surface area contributed by atoms with Gasteiger partial charge < -0.3 is 5.32 Å². The molecule has 1 unspecified atom stereocenters. The lowest BCUT2D eigenvalue weighted by molar-refractivity contribution is -0.214. The Morgan fingerprint density at radius 2 is 1.90 bits per heavy atom. The fourth-order valence-electron chi connectivity index (χ4n) is 3.64. The van der Waals surface area contributed by atoms with Crippen molar-refractivity contribution in [2.75, 3.05) is 0 Å². The molecule has 0 fully saturated rings. The van der Waals surface area contributed by atoms with E-state index in [4.69, 9.17) is 0 Å². The summed E-state index contributed by atoms with van der Waals surface area (Å²) in [6.07, 6.45) is -5.60. The van der Waals surface area contributed by atoms with Crippen molar-refractivity contribution in [2.45, 2.75) is 32.1 Å². The number of fused-ring (bicyclic) bond motifs is 3. The summed E-state index contributed by atoms with van der Waals surface area (Å²) < 4.78 is 44.6. The Balaban J connectivity index is 1.98. The molecule has 0 saturated carbocycles. The first kappa shape index (κ1) is 19.6. The summed E-state index contributed by atoms with van der Waals surface area (Å²) in [5.41, 5.74) is -1.17. The minimum absolute atomic E-state index is 0.0231. The Hall–Kier alpha value is -2.68. The molecule has 0 saturated heterocycles. The number of amides is 1. The number of Topliss-reactive ketones (excluding diaryl/α,β-unsaturated/α-hetero) is 1. The van der Waals surface area contributed by atoms with Crippen LogP contribution in [-0.4, -0.2) is 27.4 Å². The van der Waals surface area contributed by atoms with E-state index < -0.39 is 30.0 Å². The van der Waals surface area contributed by atoms with E-state index in [0.717, 1.165) is 15.7 Å². The Morgan fingerprint density at radius 1 is 1.24 bits per heavy atom. The predicted octanol–water partition coefficient (Wildman–Crippen LogP) is 4.19. The number of aromatic nitrogens is 2. The molecule has 1 N–H and O–H groups in total. The first-order valence-corrected chi connectivity index (χ1v) is 9.52. The Kier molecular flexibility index (Phi) is 4.34. The van der Waals surface area contributed by atoms with Crippen LogP contribution in [0.25, 0.3) is 11.0 Å². The van der Waals surface area contributed by atoms with Gasteiger partial charge in [-0.15, -0.1) is 0 Å². The van der Waals surface area contributed by atoms with E-state index in [9.17, 15) is 22.8 Å². The fraction of sp³-hybridized carbons (Fsp3) is 0.250. The molecule has 0 spiro atoms. The molecule has 0 bridgehead atoms. The molecule has 5 nitrogen and oxygen atoms in total. The average molecular weight is 466 g/mol. The summed E-state index contributed by atoms with van der Waals surface area (Å²) in [6.45, 7) is 3.58.